The van der Waals surface area contributed by atoms with Gasteiger partial charge in [0.2, 0.25) is 35.4 Å². The van der Waals surface area contributed by atoms with Crippen LogP contribution in [0.1, 0.15) is 38.2 Å². The van der Waals surface area contributed by atoms with E-state index in [1.165, 1.54) is 0 Å². The Hall–Kier alpha value is -5.39. The number of aliphatic hydroxyl groups excluding tert-OH is 1. The first-order chi connectivity index (χ1) is 21.2. The molecule has 0 spiro atoms. The van der Waals surface area contributed by atoms with Crippen LogP contribution < -0.4 is 32.3 Å². The van der Waals surface area contributed by atoms with E-state index < -0.39 is 97.0 Å². The molecule has 10 N–H and O–H groups in total. The summed E-state index contributed by atoms with van der Waals surface area (Å²) in [5.41, 5.74) is 5.55. The summed E-state index contributed by atoms with van der Waals surface area (Å²) in [6, 6.07) is 0.290. The van der Waals surface area contributed by atoms with Gasteiger partial charge in [0.1, 0.15) is 30.5 Å². The molecule has 18 nitrogen and oxygen atoms in total. The molecule has 5 atom stereocenters. The maximum absolute atomic E-state index is 13.3. The second kappa shape index (κ2) is 19.0. The third-order valence-corrected chi connectivity index (χ3v) is 6.01. The Kier molecular flexibility index (Phi) is 15.9. The van der Waals surface area contributed by atoms with Crippen LogP contribution in [0.5, 0.6) is 0 Å². The number of nitrogens with one attached hydrogen (secondary N) is 5. The van der Waals surface area contributed by atoms with Crippen molar-refractivity contribution in [2.75, 3.05) is 6.61 Å². The fraction of sp³-hybridized carbons (Fsp3) is 0.444. The number of aldehydes is 1. The summed E-state index contributed by atoms with van der Waals surface area (Å²) in [7, 11) is 0. The van der Waals surface area contributed by atoms with Crippen LogP contribution in [0, 0.1) is 0 Å². The lowest BCUT2D eigenvalue weighted by molar-refractivity contribution is -0.142. The molecule has 0 saturated carbocycles. The van der Waals surface area contributed by atoms with E-state index in [1.807, 2.05) is 0 Å². The molecule has 0 aliphatic heterocycles. The lowest BCUT2D eigenvalue weighted by atomic mass is 10.0. The van der Waals surface area contributed by atoms with Crippen molar-refractivity contribution in [3.63, 3.8) is 0 Å². The fourth-order valence-corrected chi connectivity index (χ4v) is 3.84. The molecule has 246 valence electrons. The molecule has 0 saturated heterocycles. The molecule has 1 aromatic rings. The molecule has 0 aliphatic carbocycles. The van der Waals surface area contributed by atoms with Crippen molar-refractivity contribution in [3.8, 4) is 0 Å². The standard InChI is InChI=1S/C27H36N6O12/c1-14(36)29-18(10-22(38)39)26(44)33-20(13-35)27(45)31-17(9-15-5-3-2-4-6-15)25(43)32-19(11-23(40)41)24(42)30-16(12-34)7-8-21(28)37/h2-6,12,16-20,35H,7-11,13H2,1H3,(H2,28,37)(H,29,36)(H,30,42)(H,31,45)(H,32,43)(H,33,44)(H,38,39)(H,40,41). The first-order valence-corrected chi connectivity index (χ1v) is 13.5. The number of carboxylic acids is 2. The summed E-state index contributed by atoms with van der Waals surface area (Å²) in [4.78, 5) is 108. The van der Waals surface area contributed by atoms with Gasteiger partial charge in [-0.15, -0.1) is 0 Å². The molecule has 1 rings (SSSR count). The molecular formula is C27H36N6O12. The highest BCUT2D eigenvalue weighted by molar-refractivity contribution is 5.97. The molecule has 0 heterocycles. The minimum Gasteiger partial charge on any atom is -0.481 e. The van der Waals surface area contributed by atoms with Crippen molar-refractivity contribution in [2.45, 2.75) is 69.2 Å². The van der Waals surface area contributed by atoms with Crippen molar-refractivity contribution < 1.29 is 58.5 Å². The lowest BCUT2D eigenvalue weighted by Gasteiger charge is -2.26. The van der Waals surface area contributed by atoms with Gasteiger partial charge in [-0.1, -0.05) is 30.3 Å². The van der Waals surface area contributed by atoms with Gasteiger partial charge in [0.15, 0.2) is 0 Å². The van der Waals surface area contributed by atoms with E-state index in [0.717, 1.165) is 6.92 Å². The Balaban J connectivity index is 3.21. The normalized spacial score (nSPS) is 13.8. The fourth-order valence-electron chi connectivity index (χ4n) is 3.84. The maximum atomic E-state index is 13.3. The molecule has 18 heteroatoms. The number of rotatable bonds is 20. The van der Waals surface area contributed by atoms with Crippen LogP contribution in [-0.2, 0) is 49.6 Å². The minimum atomic E-state index is -1.75. The molecule has 0 aromatic heterocycles. The van der Waals surface area contributed by atoms with Crippen LogP contribution in [0.4, 0.5) is 0 Å². The van der Waals surface area contributed by atoms with Gasteiger partial charge in [0, 0.05) is 19.8 Å². The van der Waals surface area contributed by atoms with E-state index in [2.05, 4.69) is 26.6 Å². The Morgan fingerprint density at radius 1 is 0.733 bits per heavy atom. The van der Waals surface area contributed by atoms with Crippen LogP contribution in [0.2, 0.25) is 0 Å². The summed E-state index contributed by atoms with van der Waals surface area (Å²) in [5.74, 6) is -8.82. The van der Waals surface area contributed by atoms with E-state index in [-0.39, 0.29) is 19.3 Å². The Morgan fingerprint density at radius 2 is 1.20 bits per heavy atom. The summed E-state index contributed by atoms with van der Waals surface area (Å²) >= 11 is 0. The number of nitrogens with two attached hydrogens (primary N) is 1. The smallest absolute Gasteiger partial charge is 0.305 e. The van der Waals surface area contributed by atoms with Gasteiger partial charge in [-0.05, 0) is 12.0 Å². The van der Waals surface area contributed by atoms with Gasteiger partial charge >= 0.3 is 11.9 Å². The molecule has 6 amide bonds. The van der Waals surface area contributed by atoms with Gasteiger partial charge < -0.3 is 52.4 Å². The van der Waals surface area contributed by atoms with Crippen LogP contribution >= 0.6 is 0 Å². The number of carboxylic acid groups (broad SMARTS) is 2. The largest absolute Gasteiger partial charge is 0.481 e. The monoisotopic (exact) mass is 636 g/mol. The third kappa shape index (κ3) is 14.6. The molecule has 45 heavy (non-hydrogen) atoms. The highest BCUT2D eigenvalue weighted by Gasteiger charge is 2.33. The van der Waals surface area contributed by atoms with Crippen molar-refractivity contribution in [2.24, 2.45) is 5.73 Å². The van der Waals surface area contributed by atoms with Crippen molar-refractivity contribution in [3.05, 3.63) is 35.9 Å². The van der Waals surface area contributed by atoms with Crippen LogP contribution in [0.3, 0.4) is 0 Å². The predicted molar refractivity (Wildman–Crippen MR) is 152 cm³/mol. The topological polar surface area (TPSA) is 300 Å². The van der Waals surface area contributed by atoms with Gasteiger partial charge in [-0.3, -0.25) is 38.4 Å². The van der Waals surface area contributed by atoms with E-state index in [9.17, 15) is 53.4 Å². The van der Waals surface area contributed by atoms with E-state index in [1.54, 1.807) is 30.3 Å². The number of carbonyl (C=O) groups excluding carboxylic acids is 7. The molecule has 0 aliphatic rings. The SMILES string of the molecule is CC(=O)NC(CC(=O)O)C(=O)NC(CO)C(=O)NC(Cc1ccccc1)C(=O)NC(CC(=O)O)C(=O)NC(C=O)CCC(N)=O. The number of benzene rings is 1. The predicted octanol–water partition coefficient (Wildman–Crippen LogP) is -3.92. The number of aliphatic hydroxyl groups is 1. The van der Waals surface area contributed by atoms with Gasteiger partial charge in [-0.25, -0.2) is 0 Å². The highest BCUT2D eigenvalue weighted by Crippen LogP contribution is 2.06. The summed E-state index contributed by atoms with van der Waals surface area (Å²) in [5, 5.41) is 39.1. The maximum Gasteiger partial charge on any atom is 0.305 e. The number of aliphatic carboxylic acids is 2. The van der Waals surface area contributed by atoms with Crippen molar-refractivity contribution in [1.82, 2.24) is 26.6 Å². The van der Waals surface area contributed by atoms with E-state index in [4.69, 9.17) is 10.8 Å². The third-order valence-electron chi connectivity index (χ3n) is 6.01. The average Bonchev–Trinajstić information content (AvgIpc) is 2.96. The van der Waals surface area contributed by atoms with Crippen LogP contribution in [-0.4, -0.2) is 106 Å². The van der Waals surface area contributed by atoms with Crippen molar-refractivity contribution in [1.29, 1.82) is 0 Å². The second-order valence-electron chi connectivity index (χ2n) is 9.76. The van der Waals surface area contributed by atoms with Crippen LogP contribution in [0.25, 0.3) is 0 Å². The first kappa shape index (κ1) is 37.6. The second-order valence-corrected chi connectivity index (χ2v) is 9.76. The number of amides is 6. The summed E-state index contributed by atoms with van der Waals surface area (Å²) in [6.45, 7) is 0.0167. The van der Waals surface area contributed by atoms with Gasteiger partial charge in [0.05, 0.1) is 25.5 Å². The van der Waals surface area contributed by atoms with E-state index >= 15 is 0 Å². The zero-order chi connectivity index (χ0) is 34.1. The Labute approximate surface area is 256 Å². The zero-order valence-electron chi connectivity index (χ0n) is 24.2. The molecule has 1 aromatic carbocycles. The highest BCUT2D eigenvalue weighted by atomic mass is 16.4. The molecule has 0 bridgehead atoms. The zero-order valence-corrected chi connectivity index (χ0v) is 24.2. The molecular weight excluding hydrogens is 600 g/mol. The number of hydrogen-bond donors (Lipinski definition) is 9. The quantitative estimate of drug-likeness (QED) is 0.0620. The Morgan fingerprint density at radius 3 is 1.69 bits per heavy atom. The number of hydrogen-bond acceptors (Lipinski definition) is 10. The summed E-state index contributed by atoms with van der Waals surface area (Å²) in [6.07, 6.45) is -2.15. The van der Waals surface area contributed by atoms with E-state index in [0.29, 0.717) is 11.8 Å². The molecule has 5 unspecified atom stereocenters. The Bertz CT molecular complexity index is 1240. The minimum absolute atomic E-state index is 0.186. The van der Waals surface area contributed by atoms with Crippen LogP contribution in [0.15, 0.2) is 30.3 Å². The molecule has 0 fully saturated rings. The van der Waals surface area contributed by atoms with Gasteiger partial charge in [-0.2, -0.15) is 0 Å². The average molecular weight is 637 g/mol. The van der Waals surface area contributed by atoms with Gasteiger partial charge in [0.25, 0.3) is 0 Å². The summed E-state index contributed by atoms with van der Waals surface area (Å²) < 4.78 is 0. The lowest BCUT2D eigenvalue weighted by Crippen LogP contribution is -2.60. The number of primary amides is 1. The van der Waals surface area contributed by atoms with Crippen molar-refractivity contribution >= 4 is 53.7 Å². The first-order valence-electron chi connectivity index (χ1n) is 13.5. The number of carbonyl (C=O) groups is 9. The molecule has 0 radical (unpaired) electrons.